The topological polar surface area (TPSA) is 53.5 Å². The smallest absolute Gasteiger partial charge is 0.254 e. The number of hydrogen-bond donors (Lipinski definition) is 0. The summed E-state index contributed by atoms with van der Waals surface area (Å²) in [4.78, 5) is 32.9. The van der Waals surface area contributed by atoms with Crippen LogP contribution in [-0.2, 0) is 4.79 Å². The zero-order chi connectivity index (χ0) is 16.7. The fourth-order valence-electron chi connectivity index (χ4n) is 3.36. The van der Waals surface area contributed by atoms with Crippen LogP contribution in [0.1, 0.15) is 41.7 Å². The molecule has 2 fully saturated rings. The first-order chi connectivity index (χ1) is 11.6. The lowest BCUT2D eigenvalue weighted by Crippen LogP contribution is -2.50. The Morgan fingerprint density at radius 2 is 1.71 bits per heavy atom. The predicted octanol–water partition coefficient (Wildman–Crippen LogP) is 2.42. The highest BCUT2D eigenvalue weighted by atomic mass is 16.2. The zero-order valence-corrected chi connectivity index (χ0v) is 13.9. The molecule has 0 bridgehead atoms. The molecule has 2 amide bonds. The summed E-state index contributed by atoms with van der Waals surface area (Å²) in [6.45, 7) is 3.98. The molecule has 0 radical (unpaired) electrons. The molecule has 1 aromatic heterocycles. The predicted molar refractivity (Wildman–Crippen MR) is 91.9 cm³/mol. The number of hydrogen-bond acceptors (Lipinski definition) is 3. The van der Waals surface area contributed by atoms with E-state index >= 15 is 0 Å². The molecule has 0 N–H and O–H groups in total. The fourth-order valence-corrected chi connectivity index (χ4v) is 3.36. The summed E-state index contributed by atoms with van der Waals surface area (Å²) in [7, 11) is 0. The maximum atomic E-state index is 13.1. The van der Waals surface area contributed by atoms with E-state index in [2.05, 4.69) is 0 Å². The third-order valence-corrected chi connectivity index (χ3v) is 4.97. The van der Waals surface area contributed by atoms with Crippen molar-refractivity contribution in [3.8, 4) is 0 Å². The molecule has 2 aliphatic rings. The minimum atomic E-state index is 0.0544. The Morgan fingerprint density at radius 1 is 1.04 bits per heavy atom. The lowest BCUT2D eigenvalue weighted by molar-refractivity contribution is -0.130. The summed E-state index contributed by atoms with van der Waals surface area (Å²) in [5.74, 6) is 0.641. The Kier molecular flexibility index (Phi) is 3.71. The molecule has 1 saturated heterocycles. The van der Waals surface area contributed by atoms with Gasteiger partial charge in [0.25, 0.3) is 5.91 Å². The SMILES string of the molecule is CC(=O)N1CCN(C(=O)c2cc(C3CC3)nc3ccccc23)CC1. The highest BCUT2D eigenvalue weighted by Gasteiger charge is 2.29. The van der Waals surface area contributed by atoms with Crippen molar-refractivity contribution in [2.75, 3.05) is 26.2 Å². The van der Waals surface area contributed by atoms with Crippen molar-refractivity contribution in [1.29, 1.82) is 0 Å². The first-order valence-corrected chi connectivity index (χ1v) is 8.58. The van der Waals surface area contributed by atoms with E-state index in [0.717, 1.165) is 35.0 Å². The van der Waals surface area contributed by atoms with Gasteiger partial charge in [-0.25, -0.2) is 0 Å². The Labute approximate surface area is 141 Å². The third kappa shape index (κ3) is 2.75. The van der Waals surface area contributed by atoms with Crippen molar-refractivity contribution in [3.63, 3.8) is 0 Å². The van der Waals surface area contributed by atoms with Gasteiger partial charge < -0.3 is 9.80 Å². The second kappa shape index (κ2) is 5.89. The van der Waals surface area contributed by atoms with Gasteiger partial charge in [0.2, 0.25) is 5.91 Å². The number of aromatic nitrogens is 1. The average Bonchev–Trinajstić information content (AvgIpc) is 3.45. The molecule has 1 aliphatic heterocycles. The molecule has 0 spiro atoms. The molecule has 5 nitrogen and oxygen atoms in total. The lowest BCUT2D eigenvalue weighted by Gasteiger charge is -2.34. The van der Waals surface area contributed by atoms with Crippen LogP contribution in [0.15, 0.2) is 30.3 Å². The quantitative estimate of drug-likeness (QED) is 0.853. The van der Waals surface area contributed by atoms with Crippen LogP contribution in [0.5, 0.6) is 0 Å². The molecule has 5 heteroatoms. The van der Waals surface area contributed by atoms with E-state index in [1.54, 1.807) is 11.8 Å². The molecular weight excluding hydrogens is 302 g/mol. The fraction of sp³-hybridized carbons (Fsp3) is 0.421. The third-order valence-electron chi connectivity index (χ3n) is 4.97. The van der Waals surface area contributed by atoms with Crippen LogP contribution < -0.4 is 0 Å². The molecule has 0 atom stereocenters. The minimum Gasteiger partial charge on any atom is -0.339 e. The van der Waals surface area contributed by atoms with Gasteiger partial charge in [0, 0.05) is 50.1 Å². The Morgan fingerprint density at radius 3 is 2.38 bits per heavy atom. The van der Waals surface area contributed by atoms with Crippen molar-refractivity contribution in [2.45, 2.75) is 25.7 Å². The molecule has 1 aromatic carbocycles. The number of para-hydroxylation sites is 1. The van der Waals surface area contributed by atoms with Crippen molar-refractivity contribution in [1.82, 2.24) is 14.8 Å². The molecular formula is C19H21N3O2. The highest BCUT2D eigenvalue weighted by molar-refractivity contribution is 6.06. The summed E-state index contributed by atoms with van der Waals surface area (Å²) in [6, 6.07) is 9.85. The van der Waals surface area contributed by atoms with E-state index in [0.29, 0.717) is 32.1 Å². The number of amides is 2. The number of rotatable bonds is 2. The van der Waals surface area contributed by atoms with Gasteiger partial charge in [-0.05, 0) is 25.0 Å². The zero-order valence-electron chi connectivity index (χ0n) is 13.9. The van der Waals surface area contributed by atoms with E-state index < -0.39 is 0 Å². The van der Waals surface area contributed by atoms with Gasteiger partial charge in [0.15, 0.2) is 0 Å². The Hall–Kier alpha value is -2.43. The Bertz CT molecular complexity index is 805. The summed E-state index contributed by atoms with van der Waals surface area (Å²) in [5, 5.41) is 0.917. The van der Waals surface area contributed by atoms with Crippen molar-refractivity contribution in [3.05, 3.63) is 41.6 Å². The van der Waals surface area contributed by atoms with Crippen LogP contribution in [0.25, 0.3) is 10.9 Å². The number of nitrogens with zero attached hydrogens (tertiary/aromatic N) is 3. The molecule has 4 rings (SSSR count). The van der Waals surface area contributed by atoms with Crippen molar-refractivity contribution < 1.29 is 9.59 Å². The normalized spacial score (nSPS) is 18.0. The molecule has 2 aromatic rings. The molecule has 124 valence electrons. The summed E-state index contributed by atoms with van der Waals surface area (Å²) < 4.78 is 0. The number of benzene rings is 1. The van der Waals surface area contributed by atoms with Crippen molar-refractivity contribution in [2.24, 2.45) is 0 Å². The van der Waals surface area contributed by atoms with Crippen LogP contribution in [0.3, 0.4) is 0 Å². The number of carbonyl (C=O) groups excluding carboxylic acids is 2. The lowest BCUT2D eigenvalue weighted by atomic mass is 10.0. The minimum absolute atomic E-state index is 0.0544. The summed E-state index contributed by atoms with van der Waals surface area (Å²) in [6.07, 6.45) is 2.33. The summed E-state index contributed by atoms with van der Waals surface area (Å²) in [5.41, 5.74) is 2.69. The van der Waals surface area contributed by atoms with E-state index in [4.69, 9.17) is 4.98 Å². The standard InChI is InChI=1S/C19H21N3O2/c1-13(23)21-8-10-22(11-9-21)19(24)16-12-18(14-6-7-14)20-17-5-3-2-4-15(16)17/h2-5,12,14H,6-11H2,1H3. The maximum Gasteiger partial charge on any atom is 0.254 e. The van der Waals surface area contributed by atoms with Gasteiger partial charge >= 0.3 is 0 Å². The van der Waals surface area contributed by atoms with E-state index in [1.165, 1.54) is 0 Å². The van der Waals surface area contributed by atoms with Crippen LogP contribution in [-0.4, -0.2) is 52.8 Å². The largest absolute Gasteiger partial charge is 0.339 e. The van der Waals surface area contributed by atoms with Crippen molar-refractivity contribution >= 4 is 22.7 Å². The average molecular weight is 323 g/mol. The number of piperazine rings is 1. The first-order valence-electron chi connectivity index (χ1n) is 8.58. The van der Waals surface area contributed by atoms with E-state index in [1.807, 2.05) is 35.2 Å². The molecule has 1 aliphatic carbocycles. The van der Waals surface area contributed by atoms with E-state index in [9.17, 15) is 9.59 Å². The maximum absolute atomic E-state index is 13.1. The Balaban J connectivity index is 1.65. The van der Waals surface area contributed by atoms with Crippen LogP contribution >= 0.6 is 0 Å². The van der Waals surface area contributed by atoms with Crippen LogP contribution in [0.2, 0.25) is 0 Å². The monoisotopic (exact) mass is 323 g/mol. The molecule has 2 heterocycles. The van der Waals surface area contributed by atoms with Gasteiger partial charge in [0.1, 0.15) is 0 Å². The highest BCUT2D eigenvalue weighted by Crippen LogP contribution is 2.40. The van der Waals surface area contributed by atoms with E-state index in [-0.39, 0.29) is 11.8 Å². The molecule has 0 unspecified atom stereocenters. The second-order valence-corrected chi connectivity index (χ2v) is 6.68. The van der Waals surface area contributed by atoms with Gasteiger partial charge in [-0.15, -0.1) is 0 Å². The van der Waals surface area contributed by atoms with Gasteiger partial charge in [-0.2, -0.15) is 0 Å². The summed E-state index contributed by atoms with van der Waals surface area (Å²) >= 11 is 0. The molecule has 1 saturated carbocycles. The van der Waals surface area contributed by atoms with Crippen LogP contribution in [0.4, 0.5) is 0 Å². The first kappa shape index (κ1) is 15.1. The van der Waals surface area contributed by atoms with Gasteiger partial charge in [-0.1, -0.05) is 18.2 Å². The second-order valence-electron chi connectivity index (χ2n) is 6.68. The molecule has 24 heavy (non-hydrogen) atoms. The van der Waals surface area contributed by atoms with Gasteiger partial charge in [-0.3, -0.25) is 14.6 Å². The number of carbonyl (C=O) groups is 2. The number of fused-ring (bicyclic) bond motifs is 1. The van der Waals surface area contributed by atoms with Crippen LogP contribution in [0, 0.1) is 0 Å². The number of pyridine rings is 1. The van der Waals surface area contributed by atoms with Gasteiger partial charge in [0.05, 0.1) is 11.1 Å².